The van der Waals surface area contributed by atoms with E-state index in [2.05, 4.69) is 15.2 Å². The highest BCUT2D eigenvalue weighted by atomic mass is 16.5. The van der Waals surface area contributed by atoms with Crippen molar-refractivity contribution in [2.45, 2.75) is 46.1 Å². The van der Waals surface area contributed by atoms with Crippen molar-refractivity contribution in [1.82, 2.24) is 15.0 Å². The number of hydrogen-bond acceptors (Lipinski definition) is 8. The van der Waals surface area contributed by atoms with Crippen LogP contribution in [0.5, 0.6) is 11.5 Å². The zero-order valence-electron chi connectivity index (χ0n) is 24.3. The summed E-state index contributed by atoms with van der Waals surface area (Å²) in [6.45, 7) is 7.60. The number of carboxylic acid groups (broad SMARTS) is 1. The molecule has 1 saturated heterocycles. The second-order valence-corrected chi connectivity index (χ2v) is 11.1. The Kier molecular flexibility index (Phi) is 8.85. The van der Waals surface area contributed by atoms with E-state index in [9.17, 15) is 9.90 Å². The Morgan fingerprint density at radius 2 is 1.79 bits per heavy atom. The van der Waals surface area contributed by atoms with Gasteiger partial charge in [0.2, 0.25) is 0 Å². The lowest BCUT2D eigenvalue weighted by molar-refractivity contribution is -0.146. The monoisotopic (exact) mass is 567 g/mol. The van der Waals surface area contributed by atoms with Crippen molar-refractivity contribution >= 4 is 23.4 Å². The first-order valence-electron chi connectivity index (χ1n) is 14.3. The number of benzene rings is 2. The summed E-state index contributed by atoms with van der Waals surface area (Å²) < 4.78 is 12.1. The number of nitrogens with one attached hydrogen (secondary N) is 1. The molecule has 0 bridgehead atoms. The molecule has 9 nitrogen and oxygen atoms in total. The fourth-order valence-corrected chi connectivity index (χ4v) is 4.99. The lowest BCUT2D eigenvalue weighted by Gasteiger charge is -2.33. The van der Waals surface area contributed by atoms with Gasteiger partial charge in [-0.1, -0.05) is 42.5 Å². The van der Waals surface area contributed by atoms with Crippen LogP contribution in [0.2, 0.25) is 0 Å². The number of aromatic nitrogens is 3. The lowest BCUT2D eigenvalue weighted by Crippen LogP contribution is -2.41. The van der Waals surface area contributed by atoms with Crippen LogP contribution in [-0.4, -0.2) is 51.8 Å². The average Bonchev–Trinajstić information content (AvgIpc) is 2.99. The van der Waals surface area contributed by atoms with E-state index < -0.39 is 11.4 Å². The first-order valence-corrected chi connectivity index (χ1v) is 14.3. The number of carbonyl (C=O) groups is 1. The van der Waals surface area contributed by atoms with Gasteiger partial charge in [0.1, 0.15) is 17.7 Å². The number of hydrogen-bond donors (Lipinski definition) is 2. The number of carboxylic acids is 1. The Morgan fingerprint density at radius 3 is 2.55 bits per heavy atom. The Labute approximate surface area is 246 Å². The SMILES string of the molecule is CCOc1ccccc1OC1CCCN(c2cncc(Nc3cccc(-c4ccc(CC(C)(C)C(=O)O)cc4)n3)n2)C1. The minimum atomic E-state index is -0.823. The highest BCUT2D eigenvalue weighted by molar-refractivity contribution is 5.74. The van der Waals surface area contributed by atoms with Crippen LogP contribution in [0, 0.1) is 5.41 Å². The summed E-state index contributed by atoms with van der Waals surface area (Å²) in [6, 6.07) is 21.4. The molecule has 9 heteroatoms. The molecule has 1 aliphatic rings. The van der Waals surface area contributed by atoms with Gasteiger partial charge < -0.3 is 24.8 Å². The molecule has 3 heterocycles. The summed E-state index contributed by atoms with van der Waals surface area (Å²) in [6.07, 6.45) is 5.87. The number of ether oxygens (including phenoxy) is 2. The molecule has 0 saturated carbocycles. The zero-order valence-corrected chi connectivity index (χ0v) is 24.3. The van der Waals surface area contributed by atoms with Gasteiger partial charge in [0.25, 0.3) is 0 Å². The lowest BCUT2D eigenvalue weighted by atomic mass is 9.86. The molecule has 5 rings (SSSR count). The average molecular weight is 568 g/mol. The quantitative estimate of drug-likeness (QED) is 0.213. The molecule has 0 amide bonds. The van der Waals surface area contributed by atoms with E-state index in [1.807, 2.05) is 73.7 Å². The molecular weight excluding hydrogens is 530 g/mol. The summed E-state index contributed by atoms with van der Waals surface area (Å²) in [7, 11) is 0. The van der Waals surface area contributed by atoms with E-state index in [4.69, 9.17) is 19.4 Å². The topological polar surface area (TPSA) is 110 Å². The first kappa shape index (κ1) is 28.9. The van der Waals surface area contributed by atoms with Crippen molar-refractivity contribution in [3.05, 3.63) is 84.7 Å². The summed E-state index contributed by atoms with van der Waals surface area (Å²) in [5.74, 6) is 2.75. The minimum absolute atomic E-state index is 0.0127. The van der Waals surface area contributed by atoms with Crippen LogP contribution in [0.3, 0.4) is 0 Å². The fraction of sp³-hybridized carbons (Fsp3) is 0.333. The van der Waals surface area contributed by atoms with E-state index >= 15 is 0 Å². The largest absolute Gasteiger partial charge is 0.490 e. The first-order chi connectivity index (χ1) is 20.3. The van der Waals surface area contributed by atoms with Crippen LogP contribution in [0.25, 0.3) is 11.3 Å². The van der Waals surface area contributed by atoms with E-state index in [0.29, 0.717) is 31.2 Å². The van der Waals surface area contributed by atoms with Crippen LogP contribution in [-0.2, 0) is 11.2 Å². The minimum Gasteiger partial charge on any atom is -0.490 e. The number of anilines is 3. The van der Waals surface area contributed by atoms with Gasteiger partial charge in [0.05, 0.1) is 36.7 Å². The molecule has 2 N–H and O–H groups in total. The van der Waals surface area contributed by atoms with Crippen molar-refractivity contribution < 1.29 is 19.4 Å². The van der Waals surface area contributed by atoms with E-state index in [1.165, 1.54) is 0 Å². The second kappa shape index (κ2) is 12.9. The highest BCUT2D eigenvalue weighted by Gasteiger charge is 2.27. The second-order valence-electron chi connectivity index (χ2n) is 11.1. The van der Waals surface area contributed by atoms with Crippen LogP contribution >= 0.6 is 0 Å². The van der Waals surface area contributed by atoms with Crippen molar-refractivity contribution in [3.63, 3.8) is 0 Å². The zero-order chi connectivity index (χ0) is 29.5. The Balaban J connectivity index is 1.25. The molecule has 1 atom stereocenters. The third-order valence-electron chi connectivity index (χ3n) is 7.25. The molecule has 218 valence electrons. The summed E-state index contributed by atoms with van der Waals surface area (Å²) in [4.78, 5) is 27.7. The smallest absolute Gasteiger partial charge is 0.309 e. The third-order valence-corrected chi connectivity index (χ3v) is 7.25. The molecule has 4 aromatic rings. The predicted octanol–water partition coefficient (Wildman–Crippen LogP) is 6.38. The molecule has 0 radical (unpaired) electrons. The Morgan fingerprint density at radius 1 is 1.00 bits per heavy atom. The molecule has 1 fully saturated rings. The number of aliphatic carboxylic acids is 1. The number of pyridine rings is 1. The maximum atomic E-state index is 11.5. The van der Waals surface area contributed by atoms with Crippen LogP contribution in [0.15, 0.2) is 79.1 Å². The van der Waals surface area contributed by atoms with E-state index in [1.54, 1.807) is 26.2 Å². The number of piperidine rings is 1. The molecule has 42 heavy (non-hydrogen) atoms. The molecular formula is C33H37N5O4. The van der Waals surface area contributed by atoms with Gasteiger partial charge in [-0.3, -0.25) is 9.78 Å². The summed E-state index contributed by atoms with van der Waals surface area (Å²) >= 11 is 0. The number of nitrogens with zero attached hydrogens (tertiary/aromatic N) is 4. The van der Waals surface area contributed by atoms with E-state index in [0.717, 1.165) is 53.5 Å². The maximum absolute atomic E-state index is 11.5. The van der Waals surface area contributed by atoms with Crippen LogP contribution in [0.1, 0.15) is 39.2 Å². The Hall–Kier alpha value is -4.66. The van der Waals surface area contributed by atoms with Gasteiger partial charge in [-0.2, -0.15) is 0 Å². The Bertz CT molecular complexity index is 1510. The van der Waals surface area contributed by atoms with E-state index in [-0.39, 0.29) is 6.10 Å². The van der Waals surface area contributed by atoms with Crippen molar-refractivity contribution in [2.75, 3.05) is 29.9 Å². The predicted molar refractivity (Wildman–Crippen MR) is 164 cm³/mol. The van der Waals surface area contributed by atoms with Gasteiger partial charge in [-0.25, -0.2) is 9.97 Å². The summed E-state index contributed by atoms with van der Waals surface area (Å²) in [5, 5.41) is 12.7. The van der Waals surface area contributed by atoms with Gasteiger partial charge in [-0.05, 0) is 69.9 Å². The van der Waals surface area contributed by atoms with Crippen LogP contribution < -0.4 is 19.7 Å². The van der Waals surface area contributed by atoms with Crippen molar-refractivity contribution in [3.8, 4) is 22.8 Å². The molecule has 2 aromatic carbocycles. The van der Waals surface area contributed by atoms with Gasteiger partial charge in [0, 0.05) is 12.1 Å². The van der Waals surface area contributed by atoms with Gasteiger partial charge >= 0.3 is 5.97 Å². The van der Waals surface area contributed by atoms with Crippen LogP contribution in [0.4, 0.5) is 17.5 Å². The van der Waals surface area contributed by atoms with Gasteiger partial charge in [-0.15, -0.1) is 0 Å². The number of para-hydroxylation sites is 2. The molecule has 1 unspecified atom stereocenters. The molecule has 0 aliphatic carbocycles. The standard InChI is InChI=1S/C33H37N5O4/c1-4-41-27-11-5-6-12-28(27)42-25-9-8-18-38(22-25)31-21-34-20-30(37-31)36-29-13-7-10-26(35-29)24-16-14-23(15-17-24)19-33(2,3)32(39)40/h5-7,10-17,20-21,25H,4,8-9,18-19,22H2,1-3H3,(H,39,40)(H,35,36,37). The highest BCUT2D eigenvalue weighted by Crippen LogP contribution is 2.30. The van der Waals surface area contributed by atoms with Crippen molar-refractivity contribution in [1.29, 1.82) is 0 Å². The molecule has 2 aromatic heterocycles. The van der Waals surface area contributed by atoms with Gasteiger partial charge in [0.15, 0.2) is 17.3 Å². The molecule has 0 spiro atoms. The maximum Gasteiger partial charge on any atom is 0.309 e. The molecule has 1 aliphatic heterocycles. The summed E-state index contributed by atoms with van der Waals surface area (Å²) in [5.41, 5.74) is 1.89. The third kappa shape index (κ3) is 7.15. The number of rotatable bonds is 11. The fourth-order valence-electron chi connectivity index (χ4n) is 4.99. The normalized spacial score (nSPS) is 15.2. The van der Waals surface area contributed by atoms with Crippen molar-refractivity contribution in [2.24, 2.45) is 5.41 Å².